The summed E-state index contributed by atoms with van der Waals surface area (Å²) in [6.45, 7) is 3.86. The minimum absolute atomic E-state index is 0.0331. The highest BCUT2D eigenvalue weighted by Gasteiger charge is 2.40. The van der Waals surface area contributed by atoms with Crippen molar-refractivity contribution in [2.75, 3.05) is 12.9 Å². The fourth-order valence-corrected chi connectivity index (χ4v) is 3.38. The summed E-state index contributed by atoms with van der Waals surface area (Å²) in [5.41, 5.74) is -3.67. The summed E-state index contributed by atoms with van der Waals surface area (Å²) in [6, 6.07) is 3.77. The van der Waals surface area contributed by atoms with Crippen LogP contribution in [0, 0.1) is 35.7 Å². The molecule has 1 aromatic heterocycles. The number of rotatable bonds is 5. The lowest BCUT2D eigenvalue weighted by molar-refractivity contribution is 0.0522. The third kappa shape index (κ3) is 3.52. The van der Waals surface area contributed by atoms with Gasteiger partial charge in [-0.3, -0.25) is 4.21 Å². The largest absolute Gasteiger partial charge is 0.462 e. The third-order valence-corrected chi connectivity index (χ3v) is 5.17. The summed E-state index contributed by atoms with van der Waals surface area (Å²) in [5.74, 6) is -4.04. The monoisotopic (exact) mass is 410 g/mol. The number of nitriles is 1. The molecule has 9 heteroatoms. The van der Waals surface area contributed by atoms with E-state index in [2.05, 4.69) is 4.98 Å². The van der Waals surface area contributed by atoms with Crippen LogP contribution in [-0.2, 0) is 21.0 Å². The van der Waals surface area contributed by atoms with E-state index in [0.717, 1.165) is 18.3 Å². The first kappa shape index (κ1) is 21.6. The van der Waals surface area contributed by atoms with E-state index >= 15 is 4.39 Å². The molecule has 1 aromatic carbocycles. The molecule has 0 spiro atoms. The van der Waals surface area contributed by atoms with Crippen molar-refractivity contribution in [3.05, 3.63) is 58.0 Å². The Morgan fingerprint density at radius 3 is 2.50 bits per heavy atom. The van der Waals surface area contributed by atoms with Crippen molar-refractivity contribution in [2.45, 2.75) is 31.2 Å². The summed E-state index contributed by atoms with van der Waals surface area (Å²) >= 11 is 0. The summed E-state index contributed by atoms with van der Waals surface area (Å²) in [6.07, 6.45) is 2.11. The molecule has 0 saturated heterocycles. The van der Waals surface area contributed by atoms with Gasteiger partial charge in [0.15, 0.2) is 10.8 Å². The van der Waals surface area contributed by atoms with Crippen molar-refractivity contribution < 1.29 is 26.9 Å². The Morgan fingerprint density at radius 1 is 1.32 bits per heavy atom. The summed E-state index contributed by atoms with van der Waals surface area (Å²) in [4.78, 5) is 16.0. The zero-order valence-corrected chi connectivity index (χ0v) is 16.4. The van der Waals surface area contributed by atoms with Gasteiger partial charge in [-0.25, -0.2) is 22.9 Å². The van der Waals surface area contributed by atoms with Crippen molar-refractivity contribution >= 4 is 16.8 Å². The first-order chi connectivity index (χ1) is 13.1. The second kappa shape index (κ2) is 8.10. The van der Waals surface area contributed by atoms with E-state index in [-0.39, 0.29) is 17.7 Å². The highest BCUT2D eigenvalue weighted by atomic mass is 32.2. The van der Waals surface area contributed by atoms with Crippen LogP contribution in [0.2, 0.25) is 0 Å². The van der Waals surface area contributed by atoms with Gasteiger partial charge in [-0.2, -0.15) is 5.26 Å². The Labute approximate surface area is 162 Å². The molecule has 148 valence electrons. The Balaban J connectivity index is 2.94. The molecule has 0 aliphatic heterocycles. The van der Waals surface area contributed by atoms with E-state index < -0.39 is 55.8 Å². The van der Waals surface area contributed by atoms with Gasteiger partial charge in [0, 0.05) is 29.1 Å². The summed E-state index contributed by atoms with van der Waals surface area (Å²) in [7, 11) is -1.88. The molecule has 0 aliphatic carbocycles. The quantitative estimate of drug-likeness (QED) is 0.705. The Morgan fingerprint density at radius 2 is 1.96 bits per heavy atom. The molecule has 0 N–H and O–H groups in total. The highest BCUT2D eigenvalue weighted by Crippen LogP contribution is 2.39. The van der Waals surface area contributed by atoms with Crippen molar-refractivity contribution in [2.24, 2.45) is 0 Å². The maximum absolute atomic E-state index is 15.3. The fourth-order valence-electron chi connectivity index (χ4n) is 2.82. The summed E-state index contributed by atoms with van der Waals surface area (Å²) < 4.78 is 60.5. The molecule has 2 atom stereocenters. The van der Waals surface area contributed by atoms with E-state index in [1.165, 1.54) is 27.0 Å². The molecule has 2 aromatic rings. The molecule has 2 rings (SSSR count). The lowest BCUT2D eigenvalue weighted by atomic mass is 9.75. The number of benzene rings is 1. The molecule has 0 amide bonds. The van der Waals surface area contributed by atoms with Crippen molar-refractivity contribution in [3.8, 4) is 6.07 Å². The summed E-state index contributed by atoms with van der Waals surface area (Å²) in [5, 5.41) is 9.34. The zero-order chi connectivity index (χ0) is 21.2. The fraction of sp³-hybridized carbons (Fsp3) is 0.316. The number of nitrogens with zero attached hydrogens (tertiary/aromatic N) is 2. The van der Waals surface area contributed by atoms with Crippen LogP contribution in [0.15, 0.2) is 23.4 Å². The van der Waals surface area contributed by atoms with E-state index in [0.29, 0.717) is 0 Å². The predicted octanol–water partition coefficient (Wildman–Crippen LogP) is 3.55. The molecular weight excluding hydrogens is 393 g/mol. The van der Waals surface area contributed by atoms with Crippen LogP contribution in [0.4, 0.5) is 13.2 Å². The number of hydrogen-bond donors (Lipinski definition) is 0. The lowest BCUT2D eigenvalue weighted by Crippen LogP contribution is -2.29. The predicted molar refractivity (Wildman–Crippen MR) is 95.6 cm³/mol. The van der Waals surface area contributed by atoms with E-state index in [9.17, 15) is 23.0 Å². The average molecular weight is 410 g/mol. The maximum atomic E-state index is 15.3. The Bertz CT molecular complexity index is 1020. The topological polar surface area (TPSA) is 80.0 Å². The number of pyridine rings is 1. The van der Waals surface area contributed by atoms with Gasteiger partial charge in [0.25, 0.3) is 0 Å². The number of ether oxygens (including phenoxy) is 1. The number of hydrogen-bond acceptors (Lipinski definition) is 5. The van der Waals surface area contributed by atoms with Crippen molar-refractivity contribution in [1.82, 2.24) is 4.98 Å². The number of halogens is 3. The Kier molecular flexibility index (Phi) is 6.24. The molecule has 0 bridgehead atoms. The van der Waals surface area contributed by atoms with Crippen LogP contribution in [-0.4, -0.2) is 28.0 Å². The molecule has 1 heterocycles. The molecule has 5 nitrogen and oxygen atoms in total. The van der Waals surface area contributed by atoms with Crippen LogP contribution < -0.4 is 0 Å². The van der Waals surface area contributed by atoms with E-state index in [1.807, 2.05) is 0 Å². The number of esters is 1. The SMILES string of the molecule is CCOC(=O)c1cnc(S(C)=O)c(F)c1C(C)(C#N)c1ccc(F)c(C)c1F. The van der Waals surface area contributed by atoms with Gasteiger partial charge in [-0.05, 0) is 26.8 Å². The first-order valence-corrected chi connectivity index (χ1v) is 9.71. The van der Waals surface area contributed by atoms with Crippen LogP contribution >= 0.6 is 0 Å². The number of aromatic nitrogens is 1. The van der Waals surface area contributed by atoms with Crippen molar-refractivity contribution in [3.63, 3.8) is 0 Å². The molecule has 2 unspecified atom stereocenters. The van der Waals surface area contributed by atoms with Gasteiger partial charge in [0.05, 0.1) is 29.0 Å². The average Bonchev–Trinajstić information content (AvgIpc) is 2.65. The third-order valence-electron chi connectivity index (χ3n) is 4.34. The van der Waals surface area contributed by atoms with Gasteiger partial charge in [0.1, 0.15) is 17.0 Å². The van der Waals surface area contributed by atoms with Gasteiger partial charge in [-0.15, -0.1) is 0 Å². The standard InChI is InChI=1S/C19H17F3N2O3S/c1-5-27-18(25)11-8-24-17(28(4)26)16(22)14(11)19(3,9-23)12-6-7-13(20)10(2)15(12)21/h6-8H,5H2,1-4H3. The van der Waals surface area contributed by atoms with Crippen LogP contribution in [0.1, 0.15) is 40.9 Å². The smallest absolute Gasteiger partial charge is 0.340 e. The molecule has 0 saturated carbocycles. The minimum atomic E-state index is -2.05. The van der Waals surface area contributed by atoms with Gasteiger partial charge >= 0.3 is 5.97 Å². The first-order valence-electron chi connectivity index (χ1n) is 8.15. The molecular formula is C19H17F3N2O3S. The second-order valence-corrected chi connectivity index (χ2v) is 7.41. The van der Waals surface area contributed by atoms with E-state index in [1.54, 1.807) is 6.07 Å². The Hall–Kier alpha value is -2.73. The lowest BCUT2D eigenvalue weighted by Gasteiger charge is -2.27. The normalized spacial score (nSPS) is 14.1. The molecule has 0 fully saturated rings. The van der Waals surface area contributed by atoms with E-state index in [4.69, 9.17) is 4.74 Å². The zero-order valence-electron chi connectivity index (χ0n) is 15.6. The van der Waals surface area contributed by atoms with Gasteiger partial charge in [0.2, 0.25) is 0 Å². The number of carbonyl (C=O) groups is 1. The van der Waals surface area contributed by atoms with Gasteiger partial charge < -0.3 is 4.74 Å². The number of carbonyl (C=O) groups excluding carboxylic acids is 1. The maximum Gasteiger partial charge on any atom is 0.340 e. The van der Waals surface area contributed by atoms with Crippen molar-refractivity contribution in [1.29, 1.82) is 5.26 Å². The highest BCUT2D eigenvalue weighted by molar-refractivity contribution is 7.84. The van der Waals surface area contributed by atoms with Gasteiger partial charge in [-0.1, -0.05) is 6.07 Å². The molecule has 28 heavy (non-hydrogen) atoms. The van der Waals surface area contributed by atoms with Crippen LogP contribution in [0.25, 0.3) is 0 Å². The molecule has 0 radical (unpaired) electrons. The minimum Gasteiger partial charge on any atom is -0.462 e. The van der Waals surface area contributed by atoms with Crippen LogP contribution in [0.5, 0.6) is 0 Å². The molecule has 0 aliphatic rings. The van der Waals surface area contributed by atoms with Crippen LogP contribution in [0.3, 0.4) is 0 Å². The second-order valence-electron chi connectivity index (χ2n) is 6.11.